The van der Waals surface area contributed by atoms with Crippen molar-refractivity contribution in [2.45, 2.75) is 20.4 Å². The highest BCUT2D eigenvalue weighted by Crippen LogP contribution is 2.14. The van der Waals surface area contributed by atoms with E-state index in [0.29, 0.717) is 6.54 Å². The van der Waals surface area contributed by atoms with Crippen molar-refractivity contribution in [3.63, 3.8) is 0 Å². The van der Waals surface area contributed by atoms with E-state index in [2.05, 4.69) is 4.98 Å². The van der Waals surface area contributed by atoms with Crippen LogP contribution in [-0.4, -0.2) is 18.2 Å². The first-order chi connectivity index (χ1) is 8.33. The van der Waals surface area contributed by atoms with E-state index in [1.807, 2.05) is 44.2 Å². The molecular formula is C14H20N2O. The zero-order valence-electron chi connectivity index (χ0n) is 10.5. The number of benzene rings is 1. The molecule has 1 heterocycles. The minimum absolute atomic E-state index is 0.550. The molecule has 1 aromatic heterocycles. The summed E-state index contributed by atoms with van der Waals surface area (Å²) in [4.78, 5) is 4.27. The lowest BCUT2D eigenvalue weighted by molar-refractivity contribution is 0.162. The van der Waals surface area contributed by atoms with Crippen LogP contribution in [0.2, 0.25) is 0 Å². The summed E-state index contributed by atoms with van der Waals surface area (Å²) in [6, 6.07) is 10.0. The van der Waals surface area contributed by atoms with Gasteiger partial charge in [0.2, 0.25) is 0 Å². The molecule has 0 saturated heterocycles. The van der Waals surface area contributed by atoms with Gasteiger partial charge in [0.05, 0.1) is 5.52 Å². The van der Waals surface area contributed by atoms with Crippen LogP contribution in [0.1, 0.15) is 19.4 Å². The molecule has 0 amide bonds. The highest BCUT2D eigenvalue weighted by Gasteiger charge is 1.97. The lowest BCUT2D eigenvalue weighted by atomic mass is 10.1. The number of rotatable bonds is 3. The molecule has 0 aliphatic carbocycles. The topological polar surface area (TPSA) is 48.1 Å². The number of fused-ring (bicyclic) bond motifs is 1. The average molecular weight is 232 g/mol. The normalized spacial score (nSPS) is 9.82. The molecule has 17 heavy (non-hydrogen) atoms. The van der Waals surface area contributed by atoms with Gasteiger partial charge in [-0.1, -0.05) is 24.3 Å². The summed E-state index contributed by atoms with van der Waals surface area (Å²) in [5, 5.41) is 1.15. The zero-order chi connectivity index (χ0) is 12.5. The lowest BCUT2D eigenvalue weighted by Crippen LogP contribution is -1.97. The summed E-state index contributed by atoms with van der Waals surface area (Å²) in [5.41, 5.74) is 7.70. The van der Waals surface area contributed by atoms with E-state index in [0.717, 1.165) is 29.7 Å². The van der Waals surface area contributed by atoms with Gasteiger partial charge in [0.15, 0.2) is 0 Å². The third kappa shape index (κ3) is 4.13. The molecular weight excluding hydrogens is 212 g/mol. The number of hydrogen-bond acceptors (Lipinski definition) is 3. The van der Waals surface area contributed by atoms with Gasteiger partial charge in [0, 0.05) is 31.3 Å². The van der Waals surface area contributed by atoms with E-state index in [-0.39, 0.29) is 0 Å². The summed E-state index contributed by atoms with van der Waals surface area (Å²) < 4.78 is 4.83. The fourth-order valence-corrected chi connectivity index (χ4v) is 1.54. The number of aromatic nitrogens is 1. The SMILES string of the molecule is CCOCC.NCc1cccc2cccnc12. The first kappa shape index (κ1) is 13.6. The van der Waals surface area contributed by atoms with Gasteiger partial charge in [-0.2, -0.15) is 0 Å². The second-order valence-electron chi connectivity index (χ2n) is 3.48. The summed E-state index contributed by atoms with van der Waals surface area (Å²) >= 11 is 0. The molecule has 0 unspecified atom stereocenters. The summed E-state index contributed by atoms with van der Waals surface area (Å²) in [6.45, 7) is 6.22. The summed E-state index contributed by atoms with van der Waals surface area (Å²) in [5.74, 6) is 0. The predicted octanol–water partition coefficient (Wildman–Crippen LogP) is 2.74. The van der Waals surface area contributed by atoms with Crippen LogP contribution in [0, 0.1) is 0 Å². The third-order valence-electron chi connectivity index (χ3n) is 2.34. The molecule has 0 aliphatic rings. The molecule has 0 bridgehead atoms. The van der Waals surface area contributed by atoms with Crippen molar-refractivity contribution in [2.75, 3.05) is 13.2 Å². The summed E-state index contributed by atoms with van der Waals surface area (Å²) in [7, 11) is 0. The molecule has 0 atom stereocenters. The average Bonchev–Trinajstić information content (AvgIpc) is 2.40. The molecule has 2 N–H and O–H groups in total. The largest absolute Gasteiger partial charge is 0.382 e. The van der Waals surface area contributed by atoms with Crippen LogP contribution >= 0.6 is 0 Å². The van der Waals surface area contributed by atoms with Gasteiger partial charge >= 0.3 is 0 Å². The Morgan fingerprint density at radius 2 is 1.82 bits per heavy atom. The van der Waals surface area contributed by atoms with Crippen LogP contribution in [-0.2, 0) is 11.3 Å². The zero-order valence-corrected chi connectivity index (χ0v) is 10.5. The highest BCUT2D eigenvalue weighted by molar-refractivity contribution is 5.81. The quantitative estimate of drug-likeness (QED) is 0.885. The van der Waals surface area contributed by atoms with Gasteiger partial charge in [-0.15, -0.1) is 0 Å². The number of ether oxygens (including phenoxy) is 1. The summed E-state index contributed by atoms with van der Waals surface area (Å²) in [6.07, 6.45) is 1.79. The Balaban J connectivity index is 0.000000249. The maximum atomic E-state index is 5.58. The van der Waals surface area contributed by atoms with Crippen LogP contribution in [0.3, 0.4) is 0 Å². The number of hydrogen-bond donors (Lipinski definition) is 1. The van der Waals surface area contributed by atoms with E-state index < -0.39 is 0 Å². The molecule has 92 valence electrons. The monoisotopic (exact) mass is 232 g/mol. The van der Waals surface area contributed by atoms with E-state index in [1.54, 1.807) is 6.20 Å². The Hall–Kier alpha value is -1.45. The standard InChI is InChI=1S/C10H10N2.C4H10O/c11-7-9-4-1-3-8-5-2-6-12-10(8)9;1-3-5-4-2/h1-6H,7,11H2;3-4H2,1-2H3. The van der Waals surface area contributed by atoms with Crippen LogP contribution in [0.25, 0.3) is 10.9 Å². The van der Waals surface area contributed by atoms with Crippen molar-refractivity contribution in [3.05, 3.63) is 42.1 Å². The Kier molecular flexibility index (Phi) is 6.22. The minimum Gasteiger partial charge on any atom is -0.382 e. The molecule has 0 spiro atoms. The first-order valence-electron chi connectivity index (χ1n) is 5.93. The van der Waals surface area contributed by atoms with Crippen molar-refractivity contribution in [1.82, 2.24) is 4.98 Å². The molecule has 0 radical (unpaired) electrons. The van der Waals surface area contributed by atoms with Gasteiger partial charge in [-0.25, -0.2) is 0 Å². The van der Waals surface area contributed by atoms with Crippen LogP contribution in [0.5, 0.6) is 0 Å². The Morgan fingerprint density at radius 3 is 2.41 bits per heavy atom. The number of nitrogens with zero attached hydrogens (tertiary/aromatic N) is 1. The van der Waals surface area contributed by atoms with Crippen LogP contribution in [0.4, 0.5) is 0 Å². The van der Waals surface area contributed by atoms with Crippen LogP contribution < -0.4 is 5.73 Å². The maximum Gasteiger partial charge on any atom is 0.0746 e. The number of para-hydroxylation sites is 1. The molecule has 0 saturated carbocycles. The highest BCUT2D eigenvalue weighted by atomic mass is 16.5. The number of pyridine rings is 1. The second kappa shape index (κ2) is 7.76. The fraction of sp³-hybridized carbons (Fsp3) is 0.357. The van der Waals surface area contributed by atoms with Crippen molar-refractivity contribution < 1.29 is 4.74 Å². The van der Waals surface area contributed by atoms with E-state index >= 15 is 0 Å². The van der Waals surface area contributed by atoms with E-state index in [1.165, 1.54) is 0 Å². The molecule has 2 rings (SSSR count). The molecule has 1 aromatic carbocycles. The van der Waals surface area contributed by atoms with Crippen LogP contribution in [0.15, 0.2) is 36.5 Å². The minimum atomic E-state index is 0.550. The molecule has 0 aliphatic heterocycles. The van der Waals surface area contributed by atoms with Crippen molar-refractivity contribution in [3.8, 4) is 0 Å². The third-order valence-corrected chi connectivity index (χ3v) is 2.34. The predicted molar refractivity (Wildman–Crippen MR) is 71.8 cm³/mol. The lowest BCUT2D eigenvalue weighted by Gasteiger charge is -2.00. The second-order valence-corrected chi connectivity index (χ2v) is 3.48. The fourth-order valence-electron chi connectivity index (χ4n) is 1.54. The first-order valence-corrected chi connectivity index (χ1v) is 5.93. The van der Waals surface area contributed by atoms with Crippen molar-refractivity contribution in [2.24, 2.45) is 5.73 Å². The maximum absolute atomic E-state index is 5.58. The van der Waals surface area contributed by atoms with Gasteiger partial charge in [-0.05, 0) is 25.5 Å². The van der Waals surface area contributed by atoms with Crippen molar-refractivity contribution in [1.29, 1.82) is 0 Å². The number of nitrogens with two attached hydrogens (primary N) is 1. The Labute approximate surface area is 103 Å². The Bertz CT molecular complexity index is 436. The molecule has 3 nitrogen and oxygen atoms in total. The molecule has 3 heteroatoms. The smallest absolute Gasteiger partial charge is 0.0746 e. The van der Waals surface area contributed by atoms with E-state index in [4.69, 9.17) is 10.5 Å². The molecule has 0 fully saturated rings. The van der Waals surface area contributed by atoms with Gasteiger partial charge in [0.25, 0.3) is 0 Å². The van der Waals surface area contributed by atoms with Gasteiger partial charge in [-0.3, -0.25) is 4.98 Å². The Morgan fingerprint density at radius 1 is 1.12 bits per heavy atom. The van der Waals surface area contributed by atoms with Gasteiger partial charge in [0.1, 0.15) is 0 Å². The van der Waals surface area contributed by atoms with Crippen molar-refractivity contribution >= 4 is 10.9 Å². The molecule has 2 aromatic rings. The van der Waals surface area contributed by atoms with E-state index in [9.17, 15) is 0 Å². The van der Waals surface area contributed by atoms with Gasteiger partial charge < -0.3 is 10.5 Å².